The summed E-state index contributed by atoms with van der Waals surface area (Å²) < 4.78 is 17.7. The third kappa shape index (κ3) is 5.95. The van der Waals surface area contributed by atoms with Gasteiger partial charge in [0, 0.05) is 22.8 Å². The van der Waals surface area contributed by atoms with Crippen LogP contribution in [-0.4, -0.2) is 15.8 Å². The van der Waals surface area contributed by atoms with Crippen LogP contribution in [0.15, 0.2) is 88.0 Å². The topological polar surface area (TPSA) is 117 Å². The van der Waals surface area contributed by atoms with Gasteiger partial charge in [-0.15, -0.1) is 0 Å². The first kappa shape index (κ1) is 22.0. The highest BCUT2D eigenvalue weighted by molar-refractivity contribution is 9.10. The van der Waals surface area contributed by atoms with E-state index in [0.29, 0.717) is 17.3 Å². The van der Waals surface area contributed by atoms with Crippen LogP contribution in [0.25, 0.3) is 0 Å². The van der Waals surface area contributed by atoms with E-state index in [-0.39, 0.29) is 29.5 Å². The number of carbonyl (C=O) groups is 1. The third-order valence-corrected chi connectivity index (χ3v) is 4.84. The number of non-ortho nitro benzene ring substituents is 1. The number of hydrogen-bond acceptors (Lipinski definition) is 7. The molecule has 0 bridgehead atoms. The van der Waals surface area contributed by atoms with Crippen LogP contribution in [0.5, 0.6) is 17.2 Å². The first-order valence-electron chi connectivity index (χ1n) is 9.62. The molecule has 1 N–H and O–H groups in total. The van der Waals surface area contributed by atoms with Crippen LogP contribution in [0, 0.1) is 10.1 Å². The van der Waals surface area contributed by atoms with Crippen LogP contribution in [0.3, 0.4) is 0 Å². The second-order valence-corrected chi connectivity index (χ2v) is 7.64. The van der Waals surface area contributed by atoms with E-state index < -0.39 is 10.8 Å². The Bertz CT molecular complexity index is 1280. The van der Waals surface area contributed by atoms with Crippen molar-refractivity contribution in [1.29, 1.82) is 0 Å². The van der Waals surface area contributed by atoms with Crippen molar-refractivity contribution < 1.29 is 23.6 Å². The summed E-state index contributed by atoms with van der Waals surface area (Å²) in [6.07, 6.45) is 3.05. The van der Waals surface area contributed by atoms with E-state index >= 15 is 0 Å². The zero-order valence-electron chi connectivity index (χ0n) is 16.9. The Labute approximate surface area is 196 Å². The lowest BCUT2D eigenvalue weighted by molar-refractivity contribution is -0.384. The first-order valence-corrected chi connectivity index (χ1v) is 10.4. The van der Waals surface area contributed by atoms with Gasteiger partial charge in [-0.3, -0.25) is 19.9 Å². The molecule has 0 radical (unpaired) electrons. The monoisotopic (exact) mass is 509 g/mol. The second-order valence-electron chi connectivity index (χ2n) is 6.73. The number of rotatable bonds is 8. The van der Waals surface area contributed by atoms with Crippen LogP contribution < -0.4 is 14.8 Å². The van der Waals surface area contributed by atoms with Gasteiger partial charge >= 0.3 is 0 Å². The maximum absolute atomic E-state index is 12.6. The van der Waals surface area contributed by atoms with Gasteiger partial charge in [-0.25, -0.2) is 0 Å². The summed E-state index contributed by atoms with van der Waals surface area (Å²) in [5.74, 6) is 1.14. The molecular formula is C23H16BrN3O6. The van der Waals surface area contributed by atoms with E-state index in [2.05, 4.69) is 26.2 Å². The molecule has 0 spiro atoms. The largest absolute Gasteiger partial charge is 0.486 e. The maximum atomic E-state index is 12.6. The Morgan fingerprint density at radius 3 is 2.61 bits per heavy atom. The fourth-order valence-corrected chi connectivity index (χ4v) is 3.08. The Balaban J connectivity index is 1.45. The standard InChI is InChI=1S/C23H16BrN3O6/c24-15-3-5-18(6-4-15)31-14-20-7-8-22(33-20)23(28)26-16-10-17(27(29)30)12-21(11-16)32-19-2-1-9-25-13-19/h1-13H,14H2,(H,26,28). The van der Waals surface area contributed by atoms with Crippen LogP contribution in [0.2, 0.25) is 0 Å². The minimum Gasteiger partial charge on any atom is -0.486 e. The molecule has 0 saturated carbocycles. The quantitative estimate of drug-likeness (QED) is 0.229. The Morgan fingerprint density at radius 1 is 1.06 bits per heavy atom. The molecule has 2 aromatic carbocycles. The molecule has 166 valence electrons. The average molecular weight is 510 g/mol. The van der Waals surface area contributed by atoms with E-state index in [1.54, 1.807) is 36.5 Å². The number of anilines is 1. The molecule has 4 rings (SSSR count). The highest BCUT2D eigenvalue weighted by Crippen LogP contribution is 2.30. The number of pyridine rings is 1. The van der Waals surface area contributed by atoms with Crippen molar-refractivity contribution in [1.82, 2.24) is 4.98 Å². The number of nitro benzene ring substituents is 1. The molecular weight excluding hydrogens is 494 g/mol. The Kier molecular flexibility index (Phi) is 6.65. The van der Waals surface area contributed by atoms with Gasteiger partial charge in [0.25, 0.3) is 11.6 Å². The zero-order valence-corrected chi connectivity index (χ0v) is 18.5. The number of carbonyl (C=O) groups excluding carboxylic acids is 1. The molecule has 0 aliphatic rings. The molecule has 0 fully saturated rings. The highest BCUT2D eigenvalue weighted by Gasteiger charge is 2.16. The van der Waals surface area contributed by atoms with E-state index in [0.717, 1.165) is 4.47 Å². The van der Waals surface area contributed by atoms with Crippen molar-refractivity contribution >= 4 is 33.2 Å². The van der Waals surface area contributed by atoms with Gasteiger partial charge in [-0.05, 0) is 48.5 Å². The molecule has 2 aromatic heterocycles. The summed E-state index contributed by atoms with van der Waals surface area (Å²) in [7, 11) is 0. The third-order valence-electron chi connectivity index (χ3n) is 4.31. The average Bonchev–Trinajstić information content (AvgIpc) is 3.28. The highest BCUT2D eigenvalue weighted by atomic mass is 79.9. The number of ether oxygens (including phenoxy) is 2. The van der Waals surface area contributed by atoms with Crippen molar-refractivity contribution in [2.45, 2.75) is 6.61 Å². The van der Waals surface area contributed by atoms with Crippen molar-refractivity contribution in [3.8, 4) is 17.2 Å². The maximum Gasteiger partial charge on any atom is 0.291 e. The molecule has 1 amide bonds. The molecule has 0 aliphatic heterocycles. The summed E-state index contributed by atoms with van der Waals surface area (Å²) in [6.45, 7) is 0.134. The number of aromatic nitrogens is 1. The fourth-order valence-electron chi connectivity index (χ4n) is 2.82. The molecule has 0 aliphatic carbocycles. The SMILES string of the molecule is O=C(Nc1cc(Oc2cccnc2)cc([N+](=O)[O-])c1)c1ccc(COc2ccc(Br)cc2)o1. The second kappa shape index (κ2) is 9.96. The number of amides is 1. The van der Waals surface area contributed by atoms with Gasteiger partial charge < -0.3 is 19.2 Å². The Hall–Kier alpha value is -4.18. The van der Waals surface area contributed by atoms with Gasteiger partial charge in [-0.2, -0.15) is 0 Å². The van der Waals surface area contributed by atoms with Gasteiger partial charge in [0.05, 0.1) is 22.9 Å². The van der Waals surface area contributed by atoms with Crippen molar-refractivity contribution in [2.75, 3.05) is 5.32 Å². The number of hydrogen-bond donors (Lipinski definition) is 1. The number of halogens is 1. The molecule has 0 saturated heterocycles. The van der Waals surface area contributed by atoms with Crippen molar-refractivity contribution in [3.05, 3.63) is 105 Å². The first-order chi connectivity index (χ1) is 16.0. The minimum atomic E-state index is -0.573. The predicted molar refractivity (Wildman–Crippen MR) is 123 cm³/mol. The zero-order chi connectivity index (χ0) is 23.2. The van der Waals surface area contributed by atoms with E-state index in [9.17, 15) is 14.9 Å². The Morgan fingerprint density at radius 2 is 1.88 bits per heavy atom. The number of nitrogens with one attached hydrogen (secondary N) is 1. The predicted octanol–water partition coefficient (Wildman–Crippen LogP) is 5.97. The molecule has 33 heavy (non-hydrogen) atoms. The van der Waals surface area contributed by atoms with Gasteiger partial charge in [0.2, 0.25) is 0 Å². The summed E-state index contributed by atoms with van der Waals surface area (Å²) in [6, 6.07) is 17.7. The van der Waals surface area contributed by atoms with Crippen molar-refractivity contribution in [2.24, 2.45) is 0 Å². The summed E-state index contributed by atoms with van der Waals surface area (Å²) in [5, 5.41) is 13.9. The normalized spacial score (nSPS) is 10.5. The van der Waals surface area contributed by atoms with E-state index in [1.165, 1.54) is 30.5 Å². The smallest absolute Gasteiger partial charge is 0.291 e. The molecule has 10 heteroatoms. The fraction of sp³-hybridized carbons (Fsp3) is 0.0435. The summed E-state index contributed by atoms with van der Waals surface area (Å²) >= 11 is 3.35. The molecule has 4 aromatic rings. The molecule has 0 unspecified atom stereocenters. The molecule has 9 nitrogen and oxygen atoms in total. The van der Waals surface area contributed by atoms with Crippen molar-refractivity contribution in [3.63, 3.8) is 0 Å². The summed E-state index contributed by atoms with van der Waals surface area (Å²) in [4.78, 5) is 27.3. The lowest BCUT2D eigenvalue weighted by atomic mass is 10.2. The van der Waals surface area contributed by atoms with Gasteiger partial charge in [0.15, 0.2) is 5.76 Å². The van der Waals surface area contributed by atoms with Gasteiger partial charge in [-0.1, -0.05) is 15.9 Å². The summed E-state index contributed by atoms with van der Waals surface area (Å²) in [5.41, 5.74) is -0.0631. The van der Waals surface area contributed by atoms with Crippen LogP contribution in [-0.2, 0) is 6.61 Å². The lowest BCUT2D eigenvalue weighted by Gasteiger charge is -2.08. The minimum absolute atomic E-state index is 0.0330. The number of nitro groups is 1. The molecule has 2 heterocycles. The lowest BCUT2D eigenvalue weighted by Crippen LogP contribution is -2.11. The molecule has 0 atom stereocenters. The van der Waals surface area contributed by atoms with Crippen LogP contribution in [0.4, 0.5) is 11.4 Å². The van der Waals surface area contributed by atoms with Crippen LogP contribution >= 0.6 is 15.9 Å². The van der Waals surface area contributed by atoms with Gasteiger partial charge in [0.1, 0.15) is 29.6 Å². The van der Waals surface area contributed by atoms with E-state index in [1.807, 2.05) is 12.1 Å². The number of nitrogens with zero attached hydrogens (tertiary/aromatic N) is 2. The number of benzene rings is 2. The number of furan rings is 1. The van der Waals surface area contributed by atoms with Crippen LogP contribution in [0.1, 0.15) is 16.3 Å². The van der Waals surface area contributed by atoms with E-state index in [4.69, 9.17) is 13.9 Å².